The average Bonchev–Trinajstić information content (AvgIpc) is 2.75. The molecular formula is C11H12N4O2S. The molecule has 0 unspecified atom stereocenters. The van der Waals surface area contributed by atoms with Gasteiger partial charge in [-0.15, -0.1) is 0 Å². The summed E-state index contributed by atoms with van der Waals surface area (Å²) in [5, 5.41) is 18.9. The maximum Gasteiger partial charge on any atom is 0.304 e. The minimum absolute atomic E-state index is 0.0325. The van der Waals surface area contributed by atoms with Gasteiger partial charge in [0.25, 0.3) is 0 Å². The highest BCUT2D eigenvalue weighted by Crippen LogP contribution is 2.21. The highest BCUT2D eigenvalue weighted by Gasteiger charge is 2.16. The van der Waals surface area contributed by atoms with Crippen molar-refractivity contribution in [3.8, 4) is 0 Å². The molecule has 1 aromatic carbocycles. The van der Waals surface area contributed by atoms with Crippen molar-refractivity contribution in [2.24, 2.45) is 0 Å². The summed E-state index contributed by atoms with van der Waals surface area (Å²) in [6.07, 6.45) is 0.0325. The predicted octanol–water partition coefficient (Wildman–Crippen LogP) is 1.59. The number of H-pyrrole nitrogens is 1. The second kappa shape index (κ2) is 5.54. The van der Waals surface area contributed by atoms with Crippen LogP contribution in [0.2, 0.25) is 0 Å². The van der Waals surface area contributed by atoms with Gasteiger partial charge in [0, 0.05) is 5.92 Å². The van der Waals surface area contributed by atoms with Crippen LogP contribution in [-0.2, 0) is 11.3 Å². The average molecular weight is 264 g/mol. The number of tetrazole rings is 1. The lowest BCUT2D eigenvalue weighted by atomic mass is 9.96. The maximum absolute atomic E-state index is 10.9. The molecule has 0 fully saturated rings. The highest BCUT2D eigenvalue weighted by molar-refractivity contribution is 7.71. The van der Waals surface area contributed by atoms with Gasteiger partial charge >= 0.3 is 5.97 Å². The normalized spacial score (nSPS) is 12.2. The number of hydrogen-bond donors (Lipinski definition) is 2. The quantitative estimate of drug-likeness (QED) is 0.801. The van der Waals surface area contributed by atoms with E-state index in [0.29, 0.717) is 11.3 Å². The number of nitrogens with one attached hydrogen (secondary N) is 1. The molecule has 0 aliphatic heterocycles. The van der Waals surface area contributed by atoms with Crippen LogP contribution in [0.3, 0.4) is 0 Å². The number of aromatic amines is 1. The molecule has 1 aromatic heterocycles. The third-order valence-electron chi connectivity index (χ3n) is 2.63. The van der Waals surface area contributed by atoms with Crippen molar-refractivity contribution in [2.45, 2.75) is 18.9 Å². The van der Waals surface area contributed by atoms with Crippen LogP contribution in [0.15, 0.2) is 30.3 Å². The number of rotatable bonds is 5. The monoisotopic (exact) mass is 264 g/mol. The first-order chi connectivity index (χ1) is 8.66. The number of carboxylic acid groups (broad SMARTS) is 1. The summed E-state index contributed by atoms with van der Waals surface area (Å²) >= 11 is 4.98. The Morgan fingerprint density at radius 1 is 1.44 bits per heavy atom. The molecule has 0 aliphatic carbocycles. The number of carbonyl (C=O) groups is 1. The van der Waals surface area contributed by atoms with Crippen LogP contribution >= 0.6 is 12.2 Å². The lowest BCUT2D eigenvalue weighted by Gasteiger charge is -2.15. The second-order valence-corrected chi connectivity index (χ2v) is 4.26. The molecule has 18 heavy (non-hydrogen) atoms. The van der Waals surface area contributed by atoms with Gasteiger partial charge in [0.15, 0.2) is 0 Å². The Morgan fingerprint density at radius 3 is 2.72 bits per heavy atom. The summed E-state index contributed by atoms with van der Waals surface area (Å²) in [7, 11) is 0. The van der Waals surface area contributed by atoms with Gasteiger partial charge in [0.1, 0.15) is 0 Å². The van der Waals surface area contributed by atoms with Gasteiger partial charge in [-0.3, -0.25) is 4.79 Å². The standard InChI is InChI=1S/C11H12N4O2S/c16-10(17)6-9(8-4-2-1-3-5-8)7-15-11(18)12-13-14-15/h1-5,9H,6-7H2,(H,16,17)(H,12,14,18)/t9-/m0/s1. The van der Waals surface area contributed by atoms with Crippen molar-refractivity contribution < 1.29 is 9.90 Å². The Kier molecular flexibility index (Phi) is 3.83. The molecule has 0 radical (unpaired) electrons. The van der Waals surface area contributed by atoms with E-state index in [0.717, 1.165) is 5.56 Å². The van der Waals surface area contributed by atoms with E-state index in [4.69, 9.17) is 17.3 Å². The Morgan fingerprint density at radius 2 is 2.17 bits per heavy atom. The third-order valence-corrected chi connectivity index (χ3v) is 2.93. The molecule has 1 heterocycles. The molecule has 6 nitrogen and oxygen atoms in total. The van der Waals surface area contributed by atoms with E-state index in [9.17, 15) is 4.79 Å². The van der Waals surface area contributed by atoms with Crippen LogP contribution in [0, 0.1) is 4.77 Å². The summed E-state index contributed by atoms with van der Waals surface area (Å²) < 4.78 is 1.89. The van der Waals surface area contributed by atoms with Crippen molar-refractivity contribution in [1.29, 1.82) is 0 Å². The smallest absolute Gasteiger partial charge is 0.304 e. The fourth-order valence-electron chi connectivity index (χ4n) is 1.78. The van der Waals surface area contributed by atoms with Crippen LogP contribution in [0.1, 0.15) is 17.9 Å². The second-order valence-electron chi connectivity index (χ2n) is 3.90. The van der Waals surface area contributed by atoms with Crippen molar-refractivity contribution in [2.75, 3.05) is 0 Å². The minimum Gasteiger partial charge on any atom is -0.481 e. The van der Waals surface area contributed by atoms with Gasteiger partial charge in [-0.25, -0.2) is 4.68 Å². The van der Waals surface area contributed by atoms with E-state index in [-0.39, 0.29) is 12.3 Å². The molecular weight excluding hydrogens is 252 g/mol. The topological polar surface area (TPSA) is 83.8 Å². The van der Waals surface area contributed by atoms with E-state index in [2.05, 4.69) is 15.5 Å². The molecule has 0 saturated heterocycles. The first-order valence-corrected chi connectivity index (χ1v) is 5.82. The Balaban J connectivity index is 2.24. The molecule has 0 aliphatic rings. The SMILES string of the molecule is O=C(O)C[C@@H](Cn1[nH]nnc1=S)c1ccccc1. The van der Waals surface area contributed by atoms with E-state index in [1.807, 2.05) is 30.3 Å². The number of aliphatic carboxylic acids is 1. The Hall–Kier alpha value is -2.02. The van der Waals surface area contributed by atoms with Gasteiger partial charge in [0.05, 0.1) is 13.0 Å². The molecule has 0 amide bonds. The first kappa shape index (κ1) is 12.4. The van der Waals surface area contributed by atoms with Gasteiger partial charge < -0.3 is 5.11 Å². The van der Waals surface area contributed by atoms with E-state index >= 15 is 0 Å². The largest absolute Gasteiger partial charge is 0.481 e. The summed E-state index contributed by atoms with van der Waals surface area (Å²) in [5.41, 5.74) is 0.955. The molecule has 2 aromatic rings. The number of carboxylic acids is 1. The molecule has 0 saturated carbocycles. The van der Waals surface area contributed by atoms with Gasteiger partial charge in [0.2, 0.25) is 4.77 Å². The van der Waals surface area contributed by atoms with E-state index < -0.39 is 5.97 Å². The van der Waals surface area contributed by atoms with Crippen molar-refractivity contribution in [1.82, 2.24) is 20.2 Å². The molecule has 2 N–H and O–H groups in total. The van der Waals surface area contributed by atoms with Crippen LogP contribution in [0.4, 0.5) is 0 Å². The third kappa shape index (κ3) is 3.01. The summed E-state index contributed by atoms with van der Waals surface area (Å²) in [5.74, 6) is -1.01. The van der Waals surface area contributed by atoms with Crippen LogP contribution in [0.5, 0.6) is 0 Å². The molecule has 1 atom stereocenters. The lowest BCUT2D eigenvalue weighted by Crippen LogP contribution is -2.14. The number of hydrogen-bond acceptors (Lipinski definition) is 4. The van der Waals surface area contributed by atoms with Crippen LogP contribution in [0.25, 0.3) is 0 Å². The number of aromatic nitrogens is 4. The fourth-order valence-corrected chi connectivity index (χ4v) is 1.94. The van der Waals surface area contributed by atoms with Gasteiger partial charge in [-0.2, -0.15) is 5.21 Å². The Labute approximate surface area is 108 Å². The molecule has 2 rings (SSSR count). The summed E-state index contributed by atoms with van der Waals surface area (Å²) in [4.78, 5) is 10.9. The number of benzene rings is 1. The zero-order chi connectivity index (χ0) is 13.0. The lowest BCUT2D eigenvalue weighted by molar-refractivity contribution is -0.137. The maximum atomic E-state index is 10.9. The molecule has 7 heteroatoms. The molecule has 0 spiro atoms. The Bertz CT molecular complexity index is 578. The van der Waals surface area contributed by atoms with E-state index in [1.165, 1.54) is 0 Å². The molecule has 94 valence electrons. The number of nitrogens with zero attached hydrogens (tertiary/aromatic N) is 3. The van der Waals surface area contributed by atoms with Crippen molar-refractivity contribution >= 4 is 18.2 Å². The van der Waals surface area contributed by atoms with Crippen LogP contribution < -0.4 is 0 Å². The highest BCUT2D eigenvalue weighted by atomic mass is 32.1. The fraction of sp³-hybridized carbons (Fsp3) is 0.273. The van der Waals surface area contributed by atoms with Crippen molar-refractivity contribution in [3.05, 3.63) is 40.7 Å². The zero-order valence-electron chi connectivity index (χ0n) is 9.48. The first-order valence-electron chi connectivity index (χ1n) is 5.41. The van der Waals surface area contributed by atoms with Gasteiger partial charge in [-0.05, 0) is 17.8 Å². The van der Waals surface area contributed by atoms with E-state index in [1.54, 1.807) is 4.68 Å². The molecule has 0 bridgehead atoms. The summed E-state index contributed by atoms with van der Waals surface area (Å²) in [6, 6.07) is 9.47. The van der Waals surface area contributed by atoms with Crippen molar-refractivity contribution in [3.63, 3.8) is 0 Å². The van der Waals surface area contributed by atoms with Gasteiger partial charge in [-0.1, -0.05) is 40.6 Å². The van der Waals surface area contributed by atoms with Crippen LogP contribution in [-0.4, -0.2) is 31.3 Å². The summed E-state index contributed by atoms with van der Waals surface area (Å²) in [6.45, 7) is 0.419. The zero-order valence-corrected chi connectivity index (χ0v) is 10.3. The minimum atomic E-state index is -0.845. The predicted molar refractivity (Wildman–Crippen MR) is 66.6 cm³/mol.